The van der Waals surface area contributed by atoms with Crippen molar-refractivity contribution in [3.05, 3.63) is 59.8 Å². The molecule has 2 aromatic carbocycles. The molecule has 6 heteroatoms. The zero-order valence-electron chi connectivity index (χ0n) is 21.1. The van der Waals surface area contributed by atoms with E-state index in [-0.39, 0.29) is 0 Å². The minimum absolute atomic E-state index is 0.611. The number of para-hydroxylation sites is 2. The predicted octanol–water partition coefficient (Wildman–Crippen LogP) is 5.00. The van der Waals surface area contributed by atoms with Crippen molar-refractivity contribution in [3.8, 4) is 11.5 Å². The van der Waals surface area contributed by atoms with Crippen LogP contribution in [-0.4, -0.2) is 56.3 Å². The van der Waals surface area contributed by atoms with Gasteiger partial charge in [-0.25, -0.2) is 0 Å². The van der Waals surface area contributed by atoms with Crippen LogP contribution in [0.2, 0.25) is 0 Å². The van der Waals surface area contributed by atoms with Crippen LogP contribution in [-0.2, 0) is 13.1 Å². The van der Waals surface area contributed by atoms with Crippen LogP contribution >= 0.6 is 0 Å². The number of rotatable bonds is 8. The molecule has 1 saturated carbocycles. The summed E-state index contributed by atoms with van der Waals surface area (Å²) in [5.41, 5.74) is 4.71. The molecule has 1 aliphatic carbocycles. The monoisotopic (exact) mass is 474 g/mol. The number of nitrogens with one attached hydrogen (secondary N) is 1. The number of aromatic nitrogens is 1. The summed E-state index contributed by atoms with van der Waals surface area (Å²) in [6.45, 7) is 5.76. The zero-order chi connectivity index (χ0) is 24.0. The van der Waals surface area contributed by atoms with Gasteiger partial charge in [0.15, 0.2) is 0 Å². The highest BCUT2D eigenvalue weighted by molar-refractivity contribution is 5.89. The van der Waals surface area contributed by atoms with Gasteiger partial charge in [0.05, 0.1) is 19.9 Å². The molecule has 0 unspecified atom stereocenters. The maximum atomic E-state index is 5.89. The molecule has 6 nitrogen and oxygen atoms in total. The fourth-order valence-electron chi connectivity index (χ4n) is 5.68. The minimum atomic E-state index is 0.611. The highest BCUT2D eigenvalue weighted by Crippen LogP contribution is 2.33. The van der Waals surface area contributed by atoms with Crippen LogP contribution in [0.4, 0.5) is 5.69 Å². The first-order valence-electron chi connectivity index (χ1n) is 13.0. The van der Waals surface area contributed by atoms with Crippen molar-refractivity contribution in [3.63, 3.8) is 0 Å². The summed E-state index contributed by atoms with van der Waals surface area (Å²) in [4.78, 5) is 9.73. The number of anilines is 1. The van der Waals surface area contributed by atoms with Crippen molar-refractivity contribution in [1.29, 1.82) is 0 Å². The molecule has 0 bridgehead atoms. The predicted molar refractivity (Wildman–Crippen MR) is 142 cm³/mol. The maximum Gasteiger partial charge on any atom is 0.149 e. The first kappa shape index (κ1) is 23.9. The third-order valence-electron chi connectivity index (χ3n) is 7.59. The largest absolute Gasteiger partial charge is 0.495 e. The van der Waals surface area contributed by atoms with Crippen LogP contribution < -0.4 is 19.7 Å². The highest BCUT2D eigenvalue weighted by Gasteiger charge is 2.22. The Labute approximate surface area is 209 Å². The van der Waals surface area contributed by atoms with E-state index >= 15 is 0 Å². The summed E-state index contributed by atoms with van der Waals surface area (Å²) < 4.78 is 11.5. The molecule has 35 heavy (non-hydrogen) atoms. The van der Waals surface area contributed by atoms with E-state index in [4.69, 9.17) is 14.5 Å². The van der Waals surface area contributed by atoms with Crippen LogP contribution in [0.3, 0.4) is 0 Å². The van der Waals surface area contributed by atoms with Gasteiger partial charge >= 0.3 is 0 Å². The molecule has 0 spiro atoms. The standard InChI is InChI=1S/C29H38N4O2/c1-34-27-13-7-6-12-26(27)33-17-15-32(16-18-33)21-23-19-22(20-31-24-9-4-3-5-10-24)29(35-2)28-25(23)11-8-14-30-28/h6-8,11-14,19,24,31H,3-5,9-10,15-18,20-21H2,1-2H3. The van der Waals surface area contributed by atoms with E-state index in [1.807, 2.05) is 24.4 Å². The van der Waals surface area contributed by atoms with Crippen molar-refractivity contribution in [1.82, 2.24) is 15.2 Å². The van der Waals surface area contributed by atoms with Gasteiger partial charge in [-0.3, -0.25) is 9.88 Å². The molecule has 5 rings (SSSR count). The van der Waals surface area contributed by atoms with Crippen molar-refractivity contribution in [2.75, 3.05) is 45.3 Å². The van der Waals surface area contributed by atoms with Gasteiger partial charge in [-0.1, -0.05) is 37.5 Å². The molecule has 2 heterocycles. The Hall–Kier alpha value is -2.83. The minimum Gasteiger partial charge on any atom is -0.495 e. The van der Waals surface area contributed by atoms with E-state index in [9.17, 15) is 0 Å². The van der Waals surface area contributed by atoms with Gasteiger partial charge in [0.1, 0.15) is 17.0 Å². The lowest BCUT2D eigenvalue weighted by atomic mass is 9.95. The lowest BCUT2D eigenvalue weighted by Crippen LogP contribution is -2.46. The fourth-order valence-corrected chi connectivity index (χ4v) is 5.68. The summed E-state index contributed by atoms with van der Waals surface area (Å²) in [6.07, 6.45) is 8.46. The van der Waals surface area contributed by atoms with Crippen LogP contribution in [0, 0.1) is 0 Å². The van der Waals surface area contributed by atoms with Crippen molar-refractivity contribution in [2.24, 2.45) is 0 Å². The quantitative estimate of drug-likeness (QED) is 0.496. The molecule has 1 N–H and O–H groups in total. The van der Waals surface area contributed by atoms with Crippen LogP contribution in [0.25, 0.3) is 10.9 Å². The molecular formula is C29H38N4O2. The van der Waals surface area contributed by atoms with E-state index in [1.165, 1.54) is 54.3 Å². The molecule has 0 amide bonds. The molecule has 0 atom stereocenters. The Balaban J connectivity index is 1.33. The van der Waals surface area contributed by atoms with Crippen molar-refractivity contribution < 1.29 is 9.47 Å². The van der Waals surface area contributed by atoms with Gasteiger partial charge in [0.2, 0.25) is 0 Å². The molecule has 1 aliphatic heterocycles. The number of hydrogen-bond donors (Lipinski definition) is 1. The smallest absolute Gasteiger partial charge is 0.149 e. The van der Waals surface area contributed by atoms with Gasteiger partial charge in [0.25, 0.3) is 0 Å². The topological polar surface area (TPSA) is 49.9 Å². The van der Waals surface area contributed by atoms with E-state index < -0.39 is 0 Å². The summed E-state index contributed by atoms with van der Waals surface area (Å²) in [5, 5.41) is 5.00. The van der Waals surface area contributed by atoms with Crippen LogP contribution in [0.15, 0.2) is 48.7 Å². The number of benzene rings is 2. The Morgan fingerprint density at radius 2 is 1.71 bits per heavy atom. The summed E-state index contributed by atoms with van der Waals surface area (Å²) in [5.74, 6) is 1.86. The van der Waals surface area contributed by atoms with Gasteiger partial charge in [-0.2, -0.15) is 0 Å². The highest BCUT2D eigenvalue weighted by atomic mass is 16.5. The molecule has 0 radical (unpaired) electrons. The molecule has 2 fully saturated rings. The Kier molecular flexibility index (Phi) is 7.69. The van der Waals surface area contributed by atoms with E-state index in [1.54, 1.807) is 14.2 Å². The third-order valence-corrected chi connectivity index (χ3v) is 7.59. The fraction of sp³-hybridized carbons (Fsp3) is 0.483. The third kappa shape index (κ3) is 5.39. The number of piperazine rings is 1. The summed E-state index contributed by atoms with van der Waals surface area (Å²) in [7, 11) is 3.52. The lowest BCUT2D eigenvalue weighted by molar-refractivity contribution is 0.250. The van der Waals surface area contributed by atoms with Gasteiger partial charge < -0.3 is 19.7 Å². The number of pyridine rings is 1. The second-order valence-electron chi connectivity index (χ2n) is 9.78. The van der Waals surface area contributed by atoms with E-state index in [0.717, 1.165) is 56.3 Å². The molecule has 2 aliphatic rings. The first-order chi connectivity index (χ1) is 17.3. The Morgan fingerprint density at radius 3 is 2.49 bits per heavy atom. The Morgan fingerprint density at radius 1 is 0.914 bits per heavy atom. The van der Waals surface area contributed by atoms with Crippen molar-refractivity contribution >= 4 is 16.6 Å². The molecule has 3 aromatic rings. The molecular weight excluding hydrogens is 436 g/mol. The molecule has 1 aromatic heterocycles. The number of fused-ring (bicyclic) bond motifs is 1. The number of hydrogen-bond acceptors (Lipinski definition) is 6. The lowest BCUT2D eigenvalue weighted by Gasteiger charge is -2.37. The number of methoxy groups -OCH3 is 2. The average molecular weight is 475 g/mol. The normalized spacial score (nSPS) is 17.6. The molecule has 186 valence electrons. The first-order valence-corrected chi connectivity index (χ1v) is 13.0. The summed E-state index contributed by atoms with van der Waals surface area (Å²) >= 11 is 0. The second-order valence-corrected chi connectivity index (χ2v) is 9.78. The van der Waals surface area contributed by atoms with Gasteiger partial charge in [-0.05, 0) is 42.7 Å². The van der Waals surface area contributed by atoms with Gasteiger partial charge in [-0.15, -0.1) is 0 Å². The summed E-state index contributed by atoms with van der Waals surface area (Å²) in [6, 6.07) is 15.5. The number of ether oxygens (including phenoxy) is 2. The second kappa shape index (κ2) is 11.3. The maximum absolute atomic E-state index is 5.89. The Bertz CT molecular complexity index is 1120. The zero-order valence-corrected chi connectivity index (χ0v) is 21.1. The SMILES string of the molecule is COc1ccccc1N1CCN(Cc2cc(CNC3CCCCC3)c(OC)c3ncccc23)CC1. The average Bonchev–Trinajstić information content (AvgIpc) is 2.93. The van der Waals surface area contributed by atoms with Crippen LogP contribution in [0.5, 0.6) is 11.5 Å². The van der Waals surface area contributed by atoms with Crippen LogP contribution in [0.1, 0.15) is 43.2 Å². The van der Waals surface area contributed by atoms with E-state index in [0.29, 0.717) is 6.04 Å². The van der Waals surface area contributed by atoms with E-state index in [2.05, 4.69) is 39.4 Å². The van der Waals surface area contributed by atoms with Crippen molar-refractivity contribution in [2.45, 2.75) is 51.2 Å². The number of nitrogens with zero attached hydrogens (tertiary/aromatic N) is 3. The van der Waals surface area contributed by atoms with Gasteiger partial charge in [0, 0.05) is 62.5 Å². The molecule has 1 saturated heterocycles.